The van der Waals surface area contributed by atoms with E-state index in [9.17, 15) is 9.90 Å². The molecule has 1 aromatic rings. The maximum Gasteiger partial charge on any atom is 0.255 e. The number of guanidine groups is 1. The van der Waals surface area contributed by atoms with E-state index in [0.29, 0.717) is 24.6 Å². The fraction of sp³-hybridized carbons (Fsp3) is 0.619. The highest BCUT2D eigenvalue weighted by Gasteiger charge is 2.27. The lowest BCUT2D eigenvalue weighted by Crippen LogP contribution is -2.41. The molecule has 2 fully saturated rings. The summed E-state index contributed by atoms with van der Waals surface area (Å²) < 4.78 is 0. The maximum absolute atomic E-state index is 12.1. The molecule has 28 heavy (non-hydrogen) atoms. The number of phenols is 1. The lowest BCUT2D eigenvalue weighted by molar-refractivity contribution is 0.0952. The van der Waals surface area contributed by atoms with Gasteiger partial charge in [-0.1, -0.05) is 12.1 Å². The smallest absolute Gasteiger partial charge is 0.255 e. The van der Waals surface area contributed by atoms with E-state index in [0.717, 1.165) is 25.6 Å². The number of nitrogens with one attached hydrogen (secondary N) is 2. The van der Waals surface area contributed by atoms with Crippen molar-refractivity contribution in [3.8, 4) is 5.75 Å². The highest BCUT2D eigenvalue weighted by atomic mass is 16.3. The Balaban J connectivity index is 1.46. The van der Waals surface area contributed by atoms with Gasteiger partial charge >= 0.3 is 0 Å². The van der Waals surface area contributed by atoms with Gasteiger partial charge in [0.25, 0.3) is 5.91 Å². The Morgan fingerprint density at radius 1 is 1.21 bits per heavy atom. The van der Waals surface area contributed by atoms with Crippen molar-refractivity contribution in [1.82, 2.24) is 20.4 Å². The minimum absolute atomic E-state index is 0.00190. The number of hydrogen-bond donors (Lipinski definition) is 3. The molecule has 2 heterocycles. The number of para-hydroxylation sites is 1. The number of likely N-dealkylation sites (tertiary alicyclic amines) is 2. The van der Waals surface area contributed by atoms with Crippen LogP contribution in [0.25, 0.3) is 0 Å². The normalized spacial score (nSPS) is 20.5. The molecule has 1 atom stereocenters. The minimum Gasteiger partial charge on any atom is -0.507 e. The van der Waals surface area contributed by atoms with Crippen LogP contribution in [0.3, 0.4) is 0 Å². The highest BCUT2D eigenvalue weighted by molar-refractivity contribution is 5.96. The van der Waals surface area contributed by atoms with Gasteiger partial charge in [0.2, 0.25) is 0 Å². The summed E-state index contributed by atoms with van der Waals surface area (Å²) in [4.78, 5) is 21.8. The number of aromatic hydroxyl groups is 1. The van der Waals surface area contributed by atoms with Crippen LogP contribution in [0.5, 0.6) is 5.75 Å². The van der Waals surface area contributed by atoms with Gasteiger partial charge < -0.3 is 25.5 Å². The molecule has 1 aromatic carbocycles. The van der Waals surface area contributed by atoms with Gasteiger partial charge in [0.15, 0.2) is 5.96 Å². The number of aliphatic imine (C=N–C) groups is 1. The van der Waals surface area contributed by atoms with Crippen LogP contribution in [0, 0.1) is 5.92 Å². The average molecular weight is 388 g/mol. The summed E-state index contributed by atoms with van der Waals surface area (Å²) in [7, 11) is 0. The van der Waals surface area contributed by atoms with Crippen molar-refractivity contribution in [2.24, 2.45) is 10.9 Å². The molecule has 0 bridgehead atoms. The SMILES string of the molecule is CCNC(=NCCNC(=O)c1ccccc1O)N1CCC(CN2CCCC2)C1. The van der Waals surface area contributed by atoms with E-state index in [2.05, 4.69) is 27.4 Å². The van der Waals surface area contributed by atoms with Crippen molar-refractivity contribution in [3.05, 3.63) is 29.8 Å². The van der Waals surface area contributed by atoms with Crippen molar-refractivity contribution < 1.29 is 9.90 Å². The van der Waals surface area contributed by atoms with Crippen LogP contribution in [0.4, 0.5) is 0 Å². The Labute approximate surface area is 167 Å². The van der Waals surface area contributed by atoms with Crippen LogP contribution in [0.1, 0.15) is 36.5 Å². The van der Waals surface area contributed by atoms with E-state index >= 15 is 0 Å². The number of carbonyl (C=O) groups is 1. The van der Waals surface area contributed by atoms with Crippen LogP contribution in [-0.4, -0.2) is 79.1 Å². The number of nitrogens with zero attached hydrogens (tertiary/aromatic N) is 3. The first-order valence-corrected chi connectivity index (χ1v) is 10.5. The Kier molecular flexibility index (Phi) is 7.54. The van der Waals surface area contributed by atoms with Gasteiger partial charge in [0.1, 0.15) is 5.75 Å². The highest BCUT2D eigenvalue weighted by Crippen LogP contribution is 2.20. The van der Waals surface area contributed by atoms with Crippen molar-refractivity contribution >= 4 is 11.9 Å². The first kappa shape index (κ1) is 20.5. The van der Waals surface area contributed by atoms with Gasteiger partial charge in [-0.3, -0.25) is 9.79 Å². The van der Waals surface area contributed by atoms with Crippen LogP contribution < -0.4 is 10.6 Å². The fourth-order valence-electron chi connectivity index (χ4n) is 4.02. The monoisotopic (exact) mass is 387 g/mol. The molecule has 2 aliphatic heterocycles. The molecule has 0 radical (unpaired) electrons. The first-order valence-electron chi connectivity index (χ1n) is 10.5. The third-order valence-electron chi connectivity index (χ3n) is 5.44. The molecule has 0 spiro atoms. The number of hydrogen-bond acceptors (Lipinski definition) is 4. The van der Waals surface area contributed by atoms with Gasteiger partial charge in [-0.05, 0) is 57.3 Å². The summed E-state index contributed by atoms with van der Waals surface area (Å²) in [6.45, 7) is 9.64. The third kappa shape index (κ3) is 5.61. The molecule has 7 heteroatoms. The predicted molar refractivity (Wildman–Crippen MR) is 112 cm³/mol. The van der Waals surface area contributed by atoms with Crippen LogP contribution in [0.2, 0.25) is 0 Å². The van der Waals surface area contributed by atoms with Gasteiger partial charge in [-0.2, -0.15) is 0 Å². The summed E-state index contributed by atoms with van der Waals surface area (Å²) in [5.74, 6) is 1.37. The van der Waals surface area contributed by atoms with Crippen molar-refractivity contribution in [2.45, 2.75) is 26.2 Å². The van der Waals surface area contributed by atoms with Crippen LogP contribution in [-0.2, 0) is 0 Å². The zero-order chi connectivity index (χ0) is 19.8. The number of amides is 1. The molecule has 0 saturated carbocycles. The van der Waals surface area contributed by atoms with E-state index in [-0.39, 0.29) is 11.7 Å². The van der Waals surface area contributed by atoms with E-state index in [1.165, 1.54) is 45.0 Å². The zero-order valence-corrected chi connectivity index (χ0v) is 16.9. The van der Waals surface area contributed by atoms with Gasteiger partial charge in [0, 0.05) is 32.7 Å². The quantitative estimate of drug-likeness (QED) is 0.375. The van der Waals surface area contributed by atoms with Crippen LogP contribution >= 0.6 is 0 Å². The Morgan fingerprint density at radius 2 is 2.00 bits per heavy atom. The molecular weight excluding hydrogens is 354 g/mol. The number of rotatable bonds is 7. The van der Waals surface area contributed by atoms with Gasteiger partial charge in [0.05, 0.1) is 12.1 Å². The molecule has 2 aliphatic rings. The minimum atomic E-state index is -0.273. The number of phenolic OH excluding ortho intramolecular Hbond substituents is 1. The molecule has 0 aliphatic carbocycles. The molecule has 2 saturated heterocycles. The lowest BCUT2D eigenvalue weighted by Gasteiger charge is -2.23. The summed E-state index contributed by atoms with van der Waals surface area (Å²) in [5, 5.41) is 16.0. The molecule has 154 valence electrons. The molecular formula is C21H33N5O2. The fourth-order valence-corrected chi connectivity index (χ4v) is 4.02. The lowest BCUT2D eigenvalue weighted by atomic mass is 10.1. The van der Waals surface area contributed by atoms with E-state index in [4.69, 9.17) is 4.99 Å². The molecule has 1 unspecified atom stereocenters. The van der Waals surface area contributed by atoms with Crippen molar-refractivity contribution in [1.29, 1.82) is 0 Å². The Bertz CT molecular complexity index is 673. The summed E-state index contributed by atoms with van der Waals surface area (Å²) in [6.07, 6.45) is 3.89. The summed E-state index contributed by atoms with van der Waals surface area (Å²) in [5.41, 5.74) is 0.294. The van der Waals surface area contributed by atoms with Gasteiger partial charge in [-0.25, -0.2) is 0 Å². The van der Waals surface area contributed by atoms with E-state index < -0.39 is 0 Å². The molecule has 3 N–H and O–H groups in total. The average Bonchev–Trinajstić information content (AvgIpc) is 3.37. The van der Waals surface area contributed by atoms with Gasteiger partial charge in [-0.15, -0.1) is 0 Å². The standard InChI is InChI=1S/C21H33N5O2/c1-2-22-21(26-14-9-17(16-26)15-25-12-5-6-13-25)24-11-10-23-20(28)18-7-3-4-8-19(18)27/h3-4,7-8,17,27H,2,5-6,9-16H2,1H3,(H,22,24)(H,23,28). The second-order valence-corrected chi connectivity index (χ2v) is 7.62. The predicted octanol–water partition coefficient (Wildman–Crippen LogP) is 1.51. The van der Waals surface area contributed by atoms with Crippen LogP contribution in [0.15, 0.2) is 29.3 Å². The topological polar surface area (TPSA) is 80.2 Å². The number of carbonyl (C=O) groups excluding carboxylic acids is 1. The Hall–Kier alpha value is -2.28. The van der Waals surface area contributed by atoms with E-state index in [1.807, 2.05) is 0 Å². The summed E-state index contributed by atoms with van der Waals surface area (Å²) in [6, 6.07) is 6.57. The number of benzene rings is 1. The first-order chi connectivity index (χ1) is 13.7. The van der Waals surface area contributed by atoms with Crippen molar-refractivity contribution in [2.75, 3.05) is 52.4 Å². The maximum atomic E-state index is 12.1. The Morgan fingerprint density at radius 3 is 2.75 bits per heavy atom. The third-order valence-corrected chi connectivity index (χ3v) is 5.44. The van der Waals surface area contributed by atoms with E-state index in [1.54, 1.807) is 18.2 Å². The molecule has 7 nitrogen and oxygen atoms in total. The molecule has 3 rings (SSSR count). The summed E-state index contributed by atoms with van der Waals surface area (Å²) >= 11 is 0. The molecule has 0 aromatic heterocycles. The zero-order valence-electron chi connectivity index (χ0n) is 16.9. The largest absolute Gasteiger partial charge is 0.507 e. The second kappa shape index (κ2) is 10.3. The van der Waals surface area contributed by atoms with Crippen molar-refractivity contribution in [3.63, 3.8) is 0 Å². The second-order valence-electron chi connectivity index (χ2n) is 7.62. The molecule has 1 amide bonds.